The van der Waals surface area contributed by atoms with Gasteiger partial charge in [0.05, 0.1) is 23.7 Å². The summed E-state index contributed by atoms with van der Waals surface area (Å²) in [6.45, 7) is 1.23. The van der Waals surface area contributed by atoms with E-state index >= 15 is 0 Å². The third kappa shape index (κ3) is 4.10. The Morgan fingerprint density at radius 1 is 1.30 bits per heavy atom. The molecule has 126 valence electrons. The number of phenolic OH excluding ortho intramolecular Hbond substituents is 1. The fourth-order valence-corrected chi connectivity index (χ4v) is 3.55. The Hall–Kier alpha value is -1.90. The van der Waals surface area contributed by atoms with Crippen LogP contribution >= 0.6 is 0 Å². The molecule has 0 atom stereocenters. The lowest BCUT2D eigenvalue weighted by Gasteiger charge is -2.26. The van der Waals surface area contributed by atoms with E-state index in [1.807, 2.05) is 0 Å². The number of carbonyl (C=O) groups is 1. The first-order valence-electron chi connectivity index (χ1n) is 7.12. The Labute approximate surface area is 135 Å². The highest BCUT2D eigenvalue weighted by atomic mass is 32.2. The van der Waals surface area contributed by atoms with Gasteiger partial charge >= 0.3 is 0 Å². The molecule has 1 aromatic rings. The van der Waals surface area contributed by atoms with Gasteiger partial charge in [0.2, 0.25) is 10.0 Å². The van der Waals surface area contributed by atoms with Crippen LogP contribution in [0.1, 0.15) is 10.4 Å². The number of hydrogen-bond donors (Lipinski definition) is 1. The molecule has 8 heteroatoms. The SMILES string of the molecule is CN(C)C=CC(=O)c1cc(S(=O)(=O)N2CCOCC2)ccc1O. The van der Waals surface area contributed by atoms with Gasteiger partial charge in [-0.1, -0.05) is 0 Å². The third-order valence-corrected chi connectivity index (χ3v) is 5.26. The number of ketones is 1. The number of hydrogen-bond acceptors (Lipinski definition) is 6. The summed E-state index contributed by atoms with van der Waals surface area (Å²) in [5, 5.41) is 9.85. The van der Waals surface area contributed by atoms with Gasteiger partial charge in [0.15, 0.2) is 5.78 Å². The van der Waals surface area contributed by atoms with E-state index < -0.39 is 15.8 Å². The van der Waals surface area contributed by atoms with Crippen LogP contribution in [-0.2, 0) is 14.8 Å². The quantitative estimate of drug-likeness (QED) is 0.626. The first kappa shape index (κ1) is 17.5. The van der Waals surface area contributed by atoms with Crippen molar-refractivity contribution >= 4 is 15.8 Å². The van der Waals surface area contributed by atoms with Crippen LogP contribution < -0.4 is 0 Å². The van der Waals surface area contributed by atoms with Crippen LogP contribution in [-0.4, -0.2) is 68.9 Å². The van der Waals surface area contributed by atoms with Crippen molar-refractivity contribution in [1.29, 1.82) is 0 Å². The number of rotatable bonds is 5. The standard InChI is InChI=1S/C15H20N2O5S/c1-16(2)6-5-15(19)13-11-12(3-4-14(13)18)23(20,21)17-7-9-22-10-8-17/h3-6,11,18H,7-10H2,1-2H3. The highest BCUT2D eigenvalue weighted by Gasteiger charge is 2.27. The number of allylic oxidation sites excluding steroid dienone is 1. The summed E-state index contributed by atoms with van der Waals surface area (Å²) in [6, 6.07) is 3.74. The van der Waals surface area contributed by atoms with Crippen molar-refractivity contribution in [2.75, 3.05) is 40.4 Å². The van der Waals surface area contributed by atoms with Gasteiger partial charge in [-0.3, -0.25) is 4.79 Å². The van der Waals surface area contributed by atoms with E-state index in [-0.39, 0.29) is 29.3 Å². The van der Waals surface area contributed by atoms with E-state index in [0.717, 1.165) is 0 Å². The average Bonchev–Trinajstić information content (AvgIpc) is 2.53. The van der Waals surface area contributed by atoms with E-state index in [4.69, 9.17) is 4.74 Å². The Bertz CT molecular complexity index is 707. The summed E-state index contributed by atoms with van der Waals surface area (Å²) in [4.78, 5) is 13.8. The van der Waals surface area contributed by atoms with E-state index in [2.05, 4.69) is 0 Å². The largest absolute Gasteiger partial charge is 0.507 e. The van der Waals surface area contributed by atoms with Crippen LogP contribution in [0.5, 0.6) is 5.75 Å². The minimum atomic E-state index is -3.71. The number of carbonyl (C=O) groups excluding carboxylic acids is 1. The van der Waals surface area contributed by atoms with Gasteiger partial charge in [-0.05, 0) is 18.2 Å². The summed E-state index contributed by atoms with van der Waals surface area (Å²) in [5.74, 6) is -0.713. The second kappa shape index (κ2) is 7.12. The maximum absolute atomic E-state index is 12.6. The molecular weight excluding hydrogens is 320 g/mol. The molecule has 0 saturated carbocycles. The molecule has 7 nitrogen and oxygen atoms in total. The molecule has 1 saturated heterocycles. The smallest absolute Gasteiger partial charge is 0.243 e. The lowest BCUT2D eigenvalue weighted by Crippen LogP contribution is -2.40. The van der Waals surface area contributed by atoms with E-state index in [1.165, 1.54) is 34.8 Å². The molecule has 0 spiro atoms. The molecule has 1 aromatic carbocycles. The number of benzene rings is 1. The minimum Gasteiger partial charge on any atom is -0.507 e. The van der Waals surface area contributed by atoms with Gasteiger partial charge in [-0.25, -0.2) is 8.42 Å². The van der Waals surface area contributed by atoms with Gasteiger partial charge in [-0.15, -0.1) is 0 Å². The third-order valence-electron chi connectivity index (χ3n) is 3.37. The predicted molar refractivity (Wildman–Crippen MR) is 84.8 cm³/mol. The van der Waals surface area contributed by atoms with Crippen molar-refractivity contribution in [1.82, 2.24) is 9.21 Å². The normalized spacial score (nSPS) is 16.6. The van der Waals surface area contributed by atoms with Crippen LogP contribution in [0.2, 0.25) is 0 Å². The van der Waals surface area contributed by atoms with Crippen LogP contribution in [0.3, 0.4) is 0 Å². The molecule has 0 aliphatic carbocycles. The Morgan fingerprint density at radius 2 is 1.96 bits per heavy atom. The maximum atomic E-state index is 12.6. The second-order valence-electron chi connectivity index (χ2n) is 5.34. The van der Waals surface area contributed by atoms with Crippen molar-refractivity contribution in [2.24, 2.45) is 0 Å². The topological polar surface area (TPSA) is 87.2 Å². The fourth-order valence-electron chi connectivity index (χ4n) is 2.12. The fraction of sp³-hybridized carbons (Fsp3) is 0.400. The summed E-state index contributed by atoms with van der Waals surface area (Å²) >= 11 is 0. The van der Waals surface area contributed by atoms with Gasteiger partial charge in [0, 0.05) is 39.5 Å². The van der Waals surface area contributed by atoms with E-state index in [9.17, 15) is 18.3 Å². The van der Waals surface area contributed by atoms with Gasteiger partial charge < -0.3 is 14.7 Å². The summed E-state index contributed by atoms with van der Waals surface area (Å²) in [7, 11) is -0.205. The zero-order valence-corrected chi connectivity index (χ0v) is 13.9. The molecule has 0 bridgehead atoms. The van der Waals surface area contributed by atoms with Crippen molar-refractivity contribution in [3.8, 4) is 5.75 Å². The minimum absolute atomic E-state index is 0.0150. The number of sulfonamides is 1. The van der Waals surface area contributed by atoms with Gasteiger partial charge in [0.25, 0.3) is 0 Å². The van der Waals surface area contributed by atoms with Crippen molar-refractivity contribution < 1.29 is 23.1 Å². The molecule has 0 unspecified atom stereocenters. The highest BCUT2D eigenvalue weighted by molar-refractivity contribution is 7.89. The monoisotopic (exact) mass is 340 g/mol. The highest BCUT2D eigenvalue weighted by Crippen LogP contribution is 2.25. The first-order chi connectivity index (χ1) is 10.8. The Kier molecular flexibility index (Phi) is 5.40. The molecule has 2 rings (SSSR count). The van der Waals surface area contributed by atoms with Crippen molar-refractivity contribution in [3.05, 3.63) is 36.0 Å². The number of ether oxygens (including phenoxy) is 1. The number of morpholine rings is 1. The average molecular weight is 340 g/mol. The van der Waals surface area contributed by atoms with E-state index in [1.54, 1.807) is 19.0 Å². The molecule has 1 heterocycles. The van der Waals surface area contributed by atoms with Crippen molar-refractivity contribution in [3.63, 3.8) is 0 Å². The van der Waals surface area contributed by atoms with Crippen LogP contribution in [0.25, 0.3) is 0 Å². The lowest BCUT2D eigenvalue weighted by molar-refractivity contribution is 0.0730. The Morgan fingerprint density at radius 3 is 2.57 bits per heavy atom. The number of aromatic hydroxyl groups is 1. The van der Waals surface area contributed by atoms with Crippen LogP contribution in [0.15, 0.2) is 35.4 Å². The molecule has 23 heavy (non-hydrogen) atoms. The second-order valence-corrected chi connectivity index (χ2v) is 7.28. The molecule has 0 aromatic heterocycles. The van der Waals surface area contributed by atoms with Crippen LogP contribution in [0.4, 0.5) is 0 Å². The predicted octanol–water partition coefficient (Wildman–Crippen LogP) is 0.671. The molecule has 1 aliphatic heterocycles. The van der Waals surface area contributed by atoms with E-state index in [0.29, 0.717) is 13.2 Å². The first-order valence-corrected chi connectivity index (χ1v) is 8.56. The Balaban J connectivity index is 2.34. The van der Waals surface area contributed by atoms with Crippen molar-refractivity contribution in [2.45, 2.75) is 4.90 Å². The molecule has 1 fully saturated rings. The molecule has 1 N–H and O–H groups in total. The molecule has 1 aliphatic rings. The summed E-state index contributed by atoms with van der Waals surface area (Å²) < 4.78 is 31.6. The molecule has 0 radical (unpaired) electrons. The molecular formula is C15H20N2O5S. The summed E-state index contributed by atoms with van der Waals surface area (Å²) in [6.07, 6.45) is 2.81. The van der Waals surface area contributed by atoms with Gasteiger partial charge in [0.1, 0.15) is 5.75 Å². The summed E-state index contributed by atoms with van der Waals surface area (Å²) in [5.41, 5.74) is -0.0440. The lowest BCUT2D eigenvalue weighted by atomic mass is 10.1. The molecule has 0 amide bonds. The zero-order chi connectivity index (χ0) is 17.0. The van der Waals surface area contributed by atoms with Gasteiger partial charge in [-0.2, -0.15) is 4.31 Å². The number of nitrogens with zero attached hydrogens (tertiary/aromatic N) is 2. The van der Waals surface area contributed by atoms with Crippen LogP contribution in [0, 0.1) is 0 Å². The zero-order valence-electron chi connectivity index (χ0n) is 13.1. The number of phenols is 1. The maximum Gasteiger partial charge on any atom is 0.243 e.